The Bertz CT molecular complexity index is 407. The normalized spacial score (nSPS) is 20.9. The highest BCUT2D eigenvalue weighted by atomic mass is 16.5. The summed E-state index contributed by atoms with van der Waals surface area (Å²) >= 11 is 0. The SMILES string of the molecule is CCC(Oc1ccccc1)C(=O)N1CCC[C@H](O)C1. The Balaban J connectivity index is 1.98. The van der Waals surface area contributed by atoms with Crippen LogP contribution in [0.4, 0.5) is 0 Å². The third kappa shape index (κ3) is 3.70. The number of hydrogen-bond acceptors (Lipinski definition) is 3. The fourth-order valence-electron chi connectivity index (χ4n) is 2.33. The Labute approximate surface area is 114 Å². The molecule has 0 aromatic heterocycles. The van der Waals surface area contributed by atoms with Crippen LogP contribution < -0.4 is 4.74 Å². The summed E-state index contributed by atoms with van der Waals surface area (Å²) in [6.45, 7) is 3.07. The van der Waals surface area contributed by atoms with Crippen molar-refractivity contribution < 1.29 is 14.6 Å². The zero-order valence-electron chi connectivity index (χ0n) is 11.3. The van der Waals surface area contributed by atoms with E-state index in [0.717, 1.165) is 12.8 Å². The standard InChI is InChI=1S/C15H21NO3/c1-2-14(19-13-8-4-3-5-9-13)15(18)16-10-6-7-12(17)11-16/h3-5,8-9,12,14,17H,2,6-7,10-11H2,1H3/t12-,14?/m0/s1. The molecule has 0 radical (unpaired) electrons. The minimum atomic E-state index is -0.465. The van der Waals surface area contributed by atoms with Crippen LogP contribution in [0.3, 0.4) is 0 Å². The number of piperidine rings is 1. The molecule has 1 N–H and O–H groups in total. The number of benzene rings is 1. The van der Waals surface area contributed by atoms with Crippen LogP contribution in [0.25, 0.3) is 0 Å². The predicted molar refractivity (Wildman–Crippen MR) is 73.0 cm³/mol. The van der Waals surface area contributed by atoms with E-state index in [2.05, 4.69) is 0 Å². The van der Waals surface area contributed by atoms with E-state index in [1.165, 1.54) is 0 Å². The van der Waals surface area contributed by atoms with Gasteiger partial charge in [-0.25, -0.2) is 0 Å². The molecule has 104 valence electrons. The second kappa shape index (κ2) is 6.57. The van der Waals surface area contributed by atoms with Crippen molar-refractivity contribution in [2.24, 2.45) is 0 Å². The van der Waals surface area contributed by atoms with E-state index < -0.39 is 12.2 Å². The largest absolute Gasteiger partial charge is 0.481 e. The average Bonchev–Trinajstić information content (AvgIpc) is 2.45. The number of para-hydroxylation sites is 1. The summed E-state index contributed by atoms with van der Waals surface area (Å²) in [6, 6.07) is 9.38. The van der Waals surface area contributed by atoms with Crippen LogP contribution in [-0.4, -0.2) is 41.2 Å². The highest BCUT2D eigenvalue weighted by Crippen LogP contribution is 2.17. The minimum Gasteiger partial charge on any atom is -0.481 e. The van der Waals surface area contributed by atoms with Crippen LogP contribution in [0, 0.1) is 0 Å². The molecule has 1 amide bonds. The quantitative estimate of drug-likeness (QED) is 0.901. The number of carbonyl (C=O) groups is 1. The Morgan fingerprint density at radius 1 is 1.47 bits per heavy atom. The molecule has 19 heavy (non-hydrogen) atoms. The van der Waals surface area contributed by atoms with Gasteiger partial charge in [0.15, 0.2) is 6.10 Å². The molecular formula is C15H21NO3. The molecule has 1 saturated heterocycles. The first-order valence-corrected chi connectivity index (χ1v) is 6.89. The lowest BCUT2D eigenvalue weighted by Gasteiger charge is -2.32. The maximum atomic E-state index is 12.4. The van der Waals surface area contributed by atoms with E-state index in [1.807, 2.05) is 37.3 Å². The molecule has 0 saturated carbocycles. The number of ether oxygens (including phenoxy) is 1. The summed E-state index contributed by atoms with van der Waals surface area (Å²) in [5.41, 5.74) is 0. The maximum absolute atomic E-state index is 12.4. The number of β-amino-alcohol motifs (C(OH)–C–C–N with tert-alkyl or cyclic N) is 1. The number of amides is 1. The molecule has 2 rings (SSSR count). The van der Waals surface area contributed by atoms with Gasteiger partial charge in [-0.1, -0.05) is 25.1 Å². The van der Waals surface area contributed by atoms with Crippen LogP contribution in [0.2, 0.25) is 0 Å². The van der Waals surface area contributed by atoms with Crippen molar-refractivity contribution in [3.8, 4) is 5.75 Å². The van der Waals surface area contributed by atoms with Crippen molar-refractivity contribution in [1.29, 1.82) is 0 Å². The lowest BCUT2D eigenvalue weighted by Crippen LogP contribution is -2.48. The summed E-state index contributed by atoms with van der Waals surface area (Å²) < 4.78 is 5.74. The van der Waals surface area contributed by atoms with Crippen LogP contribution >= 0.6 is 0 Å². The molecule has 4 heteroatoms. The summed E-state index contributed by atoms with van der Waals surface area (Å²) in [5.74, 6) is 0.686. The van der Waals surface area contributed by atoms with Crippen molar-refractivity contribution in [1.82, 2.24) is 4.90 Å². The highest BCUT2D eigenvalue weighted by molar-refractivity contribution is 5.81. The molecule has 2 atom stereocenters. The summed E-state index contributed by atoms with van der Waals surface area (Å²) in [4.78, 5) is 14.1. The molecule has 1 unspecified atom stereocenters. The Morgan fingerprint density at radius 2 is 2.21 bits per heavy atom. The van der Waals surface area contributed by atoms with Gasteiger partial charge in [-0.3, -0.25) is 4.79 Å². The van der Waals surface area contributed by atoms with E-state index in [9.17, 15) is 9.90 Å². The van der Waals surface area contributed by atoms with Gasteiger partial charge in [0, 0.05) is 13.1 Å². The smallest absolute Gasteiger partial charge is 0.263 e. The van der Waals surface area contributed by atoms with Gasteiger partial charge in [0.2, 0.25) is 0 Å². The zero-order chi connectivity index (χ0) is 13.7. The number of carbonyl (C=O) groups excluding carboxylic acids is 1. The van der Waals surface area contributed by atoms with Crippen molar-refractivity contribution in [2.45, 2.75) is 38.4 Å². The monoisotopic (exact) mass is 263 g/mol. The van der Waals surface area contributed by atoms with E-state index in [1.54, 1.807) is 4.90 Å². The van der Waals surface area contributed by atoms with Gasteiger partial charge in [0.25, 0.3) is 5.91 Å². The minimum absolute atomic E-state index is 0.0231. The average molecular weight is 263 g/mol. The summed E-state index contributed by atoms with van der Waals surface area (Å²) in [7, 11) is 0. The molecule has 0 spiro atoms. The molecule has 1 aromatic rings. The molecule has 0 bridgehead atoms. The first-order chi connectivity index (χ1) is 9.20. The molecule has 1 heterocycles. The molecular weight excluding hydrogens is 242 g/mol. The maximum Gasteiger partial charge on any atom is 0.263 e. The van der Waals surface area contributed by atoms with Gasteiger partial charge in [0.05, 0.1) is 6.10 Å². The van der Waals surface area contributed by atoms with Crippen LogP contribution in [-0.2, 0) is 4.79 Å². The fourth-order valence-corrected chi connectivity index (χ4v) is 2.33. The fraction of sp³-hybridized carbons (Fsp3) is 0.533. The zero-order valence-corrected chi connectivity index (χ0v) is 11.3. The lowest BCUT2D eigenvalue weighted by atomic mass is 10.1. The van der Waals surface area contributed by atoms with E-state index in [-0.39, 0.29) is 5.91 Å². The van der Waals surface area contributed by atoms with E-state index in [4.69, 9.17) is 4.74 Å². The van der Waals surface area contributed by atoms with Gasteiger partial charge in [0.1, 0.15) is 5.75 Å². The van der Waals surface area contributed by atoms with Crippen molar-refractivity contribution in [3.63, 3.8) is 0 Å². The van der Waals surface area contributed by atoms with E-state index >= 15 is 0 Å². The first-order valence-electron chi connectivity index (χ1n) is 6.89. The number of aliphatic hydroxyl groups excluding tert-OH is 1. The third-order valence-corrected chi connectivity index (χ3v) is 3.38. The van der Waals surface area contributed by atoms with Gasteiger partial charge in [-0.2, -0.15) is 0 Å². The molecule has 4 nitrogen and oxygen atoms in total. The first kappa shape index (κ1) is 13.9. The Hall–Kier alpha value is -1.55. The van der Waals surface area contributed by atoms with Gasteiger partial charge < -0.3 is 14.7 Å². The number of rotatable bonds is 4. The Kier molecular flexibility index (Phi) is 4.80. The second-order valence-electron chi connectivity index (χ2n) is 4.91. The number of hydrogen-bond donors (Lipinski definition) is 1. The van der Waals surface area contributed by atoms with Crippen LogP contribution in [0.1, 0.15) is 26.2 Å². The third-order valence-electron chi connectivity index (χ3n) is 3.38. The number of nitrogens with zero attached hydrogens (tertiary/aromatic N) is 1. The molecule has 1 aliphatic heterocycles. The van der Waals surface area contributed by atoms with Crippen molar-refractivity contribution in [3.05, 3.63) is 30.3 Å². The highest BCUT2D eigenvalue weighted by Gasteiger charge is 2.28. The molecule has 1 aliphatic rings. The lowest BCUT2D eigenvalue weighted by molar-refractivity contribution is -0.141. The molecule has 1 aromatic carbocycles. The predicted octanol–water partition coefficient (Wildman–Crippen LogP) is 1.83. The van der Waals surface area contributed by atoms with Crippen molar-refractivity contribution >= 4 is 5.91 Å². The van der Waals surface area contributed by atoms with Gasteiger partial charge in [-0.05, 0) is 31.4 Å². The second-order valence-corrected chi connectivity index (χ2v) is 4.91. The van der Waals surface area contributed by atoms with Gasteiger partial charge >= 0.3 is 0 Å². The summed E-state index contributed by atoms with van der Waals surface area (Å²) in [6.07, 6.45) is 1.40. The number of likely N-dealkylation sites (tertiary alicyclic amines) is 1. The van der Waals surface area contributed by atoms with Crippen LogP contribution in [0.15, 0.2) is 30.3 Å². The van der Waals surface area contributed by atoms with Gasteiger partial charge in [-0.15, -0.1) is 0 Å². The van der Waals surface area contributed by atoms with E-state index in [0.29, 0.717) is 25.3 Å². The van der Waals surface area contributed by atoms with Crippen molar-refractivity contribution in [2.75, 3.05) is 13.1 Å². The topological polar surface area (TPSA) is 49.8 Å². The number of aliphatic hydroxyl groups is 1. The molecule has 1 fully saturated rings. The summed E-state index contributed by atoms with van der Waals surface area (Å²) in [5, 5.41) is 9.64. The molecule has 0 aliphatic carbocycles. The Morgan fingerprint density at radius 3 is 2.84 bits per heavy atom. The van der Waals surface area contributed by atoms with Crippen LogP contribution in [0.5, 0.6) is 5.75 Å².